The maximum Gasteiger partial charge on any atom is 0.228 e. The number of pyridine rings is 1. The van der Waals surface area contributed by atoms with Crippen LogP contribution in [-0.2, 0) is 16.0 Å². The molecular formula is C18H21N3O2. The molecule has 23 heavy (non-hydrogen) atoms. The van der Waals surface area contributed by atoms with E-state index in [9.17, 15) is 9.59 Å². The number of rotatable bonds is 6. The molecule has 5 nitrogen and oxygen atoms in total. The quantitative estimate of drug-likeness (QED) is 0.860. The molecule has 5 heteroatoms. The Bertz CT molecular complexity index is 671. The van der Waals surface area contributed by atoms with E-state index in [2.05, 4.69) is 15.6 Å². The molecule has 2 aromatic rings. The predicted molar refractivity (Wildman–Crippen MR) is 91.1 cm³/mol. The van der Waals surface area contributed by atoms with Gasteiger partial charge in [-0.1, -0.05) is 26.0 Å². The third kappa shape index (κ3) is 4.92. The van der Waals surface area contributed by atoms with Crippen molar-refractivity contribution >= 4 is 23.2 Å². The second kappa shape index (κ2) is 8.08. The Hall–Kier alpha value is -2.69. The Balaban J connectivity index is 2.05. The molecule has 1 aromatic carbocycles. The van der Waals surface area contributed by atoms with Crippen molar-refractivity contribution in [3.8, 4) is 0 Å². The van der Waals surface area contributed by atoms with Crippen LogP contribution in [0.4, 0.5) is 11.4 Å². The summed E-state index contributed by atoms with van der Waals surface area (Å²) >= 11 is 0. The van der Waals surface area contributed by atoms with Crippen LogP contribution in [0.5, 0.6) is 0 Å². The van der Waals surface area contributed by atoms with Crippen LogP contribution in [0.25, 0.3) is 0 Å². The first-order valence-electron chi connectivity index (χ1n) is 7.68. The van der Waals surface area contributed by atoms with Crippen molar-refractivity contribution < 1.29 is 9.59 Å². The molecular weight excluding hydrogens is 290 g/mol. The fourth-order valence-corrected chi connectivity index (χ4v) is 2.02. The number of para-hydroxylation sites is 2. The smallest absolute Gasteiger partial charge is 0.228 e. The van der Waals surface area contributed by atoms with Crippen LogP contribution in [-0.4, -0.2) is 16.8 Å². The zero-order chi connectivity index (χ0) is 16.7. The van der Waals surface area contributed by atoms with Gasteiger partial charge in [0.1, 0.15) is 0 Å². The maximum atomic E-state index is 12.2. The third-order valence-corrected chi connectivity index (χ3v) is 3.63. The molecule has 0 saturated heterocycles. The summed E-state index contributed by atoms with van der Waals surface area (Å²) < 4.78 is 0. The Kier molecular flexibility index (Phi) is 5.86. The Labute approximate surface area is 136 Å². The molecule has 0 aliphatic rings. The van der Waals surface area contributed by atoms with Gasteiger partial charge >= 0.3 is 0 Å². The van der Waals surface area contributed by atoms with Gasteiger partial charge in [0.2, 0.25) is 11.8 Å². The van der Waals surface area contributed by atoms with Crippen molar-refractivity contribution in [2.24, 2.45) is 5.92 Å². The zero-order valence-electron chi connectivity index (χ0n) is 13.4. The van der Waals surface area contributed by atoms with E-state index < -0.39 is 0 Å². The van der Waals surface area contributed by atoms with Crippen LogP contribution in [0.2, 0.25) is 0 Å². The highest BCUT2D eigenvalue weighted by molar-refractivity contribution is 6.00. The molecule has 2 rings (SSSR count). The van der Waals surface area contributed by atoms with Gasteiger partial charge in [0.15, 0.2) is 0 Å². The van der Waals surface area contributed by atoms with Gasteiger partial charge < -0.3 is 10.6 Å². The largest absolute Gasteiger partial charge is 0.324 e. The number of hydrogen-bond donors (Lipinski definition) is 2. The number of anilines is 2. The molecule has 0 bridgehead atoms. The van der Waals surface area contributed by atoms with Crippen LogP contribution in [0.1, 0.15) is 25.8 Å². The van der Waals surface area contributed by atoms with E-state index >= 15 is 0 Å². The number of carbonyl (C=O) groups excluding carboxylic acids is 2. The number of carbonyl (C=O) groups is 2. The molecule has 0 radical (unpaired) electrons. The normalized spacial score (nSPS) is 11.6. The molecule has 2 N–H and O–H groups in total. The lowest BCUT2D eigenvalue weighted by Crippen LogP contribution is -2.21. The Morgan fingerprint density at radius 3 is 2.26 bits per heavy atom. The molecule has 1 aromatic heterocycles. The van der Waals surface area contributed by atoms with E-state index in [4.69, 9.17) is 0 Å². The van der Waals surface area contributed by atoms with Gasteiger partial charge in [0.05, 0.1) is 17.8 Å². The molecule has 0 fully saturated rings. The van der Waals surface area contributed by atoms with Gasteiger partial charge in [0, 0.05) is 18.3 Å². The molecule has 0 aliphatic heterocycles. The van der Waals surface area contributed by atoms with E-state index in [1.165, 1.54) is 0 Å². The summed E-state index contributed by atoms with van der Waals surface area (Å²) in [7, 11) is 0. The first kappa shape index (κ1) is 16.7. The number of nitrogens with zero attached hydrogens (tertiary/aromatic N) is 1. The summed E-state index contributed by atoms with van der Waals surface area (Å²) in [5.74, 6) is -0.264. The third-order valence-electron chi connectivity index (χ3n) is 3.63. The highest BCUT2D eigenvalue weighted by Gasteiger charge is 2.13. The topological polar surface area (TPSA) is 71.1 Å². The lowest BCUT2D eigenvalue weighted by molar-refractivity contribution is -0.119. The van der Waals surface area contributed by atoms with Crippen molar-refractivity contribution in [3.63, 3.8) is 0 Å². The average molecular weight is 311 g/mol. The van der Waals surface area contributed by atoms with Gasteiger partial charge in [-0.15, -0.1) is 0 Å². The highest BCUT2D eigenvalue weighted by atomic mass is 16.2. The Morgan fingerprint density at radius 2 is 1.65 bits per heavy atom. The summed E-state index contributed by atoms with van der Waals surface area (Å²) in [4.78, 5) is 28.1. The summed E-state index contributed by atoms with van der Waals surface area (Å²) in [6.07, 6.45) is 4.34. The predicted octanol–water partition coefficient (Wildman–Crippen LogP) is 3.25. The van der Waals surface area contributed by atoms with Crippen molar-refractivity contribution in [1.82, 2.24) is 4.98 Å². The number of nitrogens with one attached hydrogen (secondary N) is 2. The van der Waals surface area contributed by atoms with Crippen molar-refractivity contribution in [2.45, 2.75) is 26.7 Å². The van der Waals surface area contributed by atoms with Gasteiger partial charge in [-0.3, -0.25) is 14.6 Å². The van der Waals surface area contributed by atoms with Crippen LogP contribution >= 0.6 is 0 Å². The van der Waals surface area contributed by atoms with Gasteiger partial charge in [-0.2, -0.15) is 0 Å². The number of benzene rings is 1. The lowest BCUT2D eigenvalue weighted by Gasteiger charge is -2.14. The molecule has 120 valence electrons. The van der Waals surface area contributed by atoms with Gasteiger partial charge in [-0.05, 0) is 36.2 Å². The highest BCUT2D eigenvalue weighted by Crippen LogP contribution is 2.22. The SMILES string of the molecule is CCC(C)C(=O)Nc1ccccc1NC(=O)Cc1ccncc1. The molecule has 1 atom stereocenters. The number of amides is 2. The van der Waals surface area contributed by atoms with E-state index in [0.29, 0.717) is 11.4 Å². The minimum atomic E-state index is -0.138. The molecule has 2 amide bonds. The van der Waals surface area contributed by atoms with Crippen LogP contribution < -0.4 is 10.6 Å². The van der Waals surface area contributed by atoms with Gasteiger partial charge in [-0.25, -0.2) is 0 Å². The van der Waals surface area contributed by atoms with Gasteiger partial charge in [0.25, 0.3) is 0 Å². The fourth-order valence-electron chi connectivity index (χ4n) is 2.02. The van der Waals surface area contributed by atoms with E-state index in [-0.39, 0.29) is 24.2 Å². The minimum absolute atomic E-state index is 0.0525. The molecule has 0 saturated carbocycles. The standard InChI is InChI=1S/C18H21N3O2/c1-3-13(2)18(23)21-16-7-5-4-6-15(16)20-17(22)12-14-8-10-19-11-9-14/h4-11,13H,3,12H2,1-2H3,(H,20,22)(H,21,23). The molecule has 1 unspecified atom stereocenters. The summed E-state index contributed by atoms with van der Waals surface area (Å²) in [5, 5.41) is 5.71. The van der Waals surface area contributed by atoms with Crippen molar-refractivity contribution in [3.05, 3.63) is 54.4 Å². The number of aromatic nitrogens is 1. The van der Waals surface area contributed by atoms with Crippen LogP contribution in [0.3, 0.4) is 0 Å². The summed E-state index contributed by atoms with van der Waals surface area (Å²) in [5.41, 5.74) is 2.10. The van der Waals surface area contributed by atoms with E-state index in [0.717, 1.165) is 12.0 Å². The van der Waals surface area contributed by atoms with E-state index in [1.807, 2.05) is 26.0 Å². The fraction of sp³-hybridized carbons (Fsp3) is 0.278. The molecule has 0 spiro atoms. The first-order chi connectivity index (χ1) is 11.1. The molecule has 0 aliphatic carbocycles. The monoisotopic (exact) mass is 311 g/mol. The second-order valence-corrected chi connectivity index (χ2v) is 5.42. The van der Waals surface area contributed by atoms with Crippen molar-refractivity contribution in [1.29, 1.82) is 0 Å². The Morgan fingerprint density at radius 1 is 1.04 bits per heavy atom. The van der Waals surface area contributed by atoms with Crippen LogP contribution in [0.15, 0.2) is 48.8 Å². The second-order valence-electron chi connectivity index (χ2n) is 5.42. The van der Waals surface area contributed by atoms with Crippen LogP contribution in [0, 0.1) is 5.92 Å². The lowest BCUT2D eigenvalue weighted by atomic mass is 10.1. The zero-order valence-corrected chi connectivity index (χ0v) is 13.4. The molecule has 1 heterocycles. The van der Waals surface area contributed by atoms with E-state index in [1.54, 1.807) is 36.7 Å². The maximum absolute atomic E-state index is 12.2. The number of hydrogen-bond acceptors (Lipinski definition) is 3. The van der Waals surface area contributed by atoms with Crippen molar-refractivity contribution in [2.75, 3.05) is 10.6 Å². The first-order valence-corrected chi connectivity index (χ1v) is 7.68. The minimum Gasteiger partial charge on any atom is -0.324 e. The summed E-state index contributed by atoms with van der Waals surface area (Å²) in [6, 6.07) is 10.8. The summed E-state index contributed by atoms with van der Waals surface area (Å²) in [6.45, 7) is 3.84. The average Bonchev–Trinajstić information content (AvgIpc) is 2.56.